The fourth-order valence-corrected chi connectivity index (χ4v) is 3.10. The van der Waals surface area contributed by atoms with Crippen LogP contribution >= 0.6 is 0 Å². The van der Waals surface area contributed by atoms with Crippen molar-refractivity contribution in [2.75, 3.05) is 5.32 Å². The van der Waals surface area contributed by atoms with Crippen molar-refractivity contribution in [3.05, 3.63) is 70.0 Å². The van der Waals surface area contributed by atoms with Gasteiger partial charge in [0.25, 0.3) is 5.56 Å². The Labute approximate surface area is 149 Å². The average Bonchev–Trinajstić information content (AvgIpc) is 3.44. The van der Waals surface area contributed by atoms with Crippen LogP contribution in [0.5, 0.6) is 0 Å². The SMILES string of the molecule is CC(=O)Nc1ccc2nc(C3CC3)n(Cc3ccc(F)cc3)c(=O)c2c1. The first-order valence-electron chi connectivity index (χ1n) is 8.58. The van der Waals surface area contributed by atoms with E-state index >= 15 is 0 Å². The molecule has 1 heterocycles. The number of anilines is 1. The smallest absolute Gasteiger partial charge is 0.261 e. The summed E-state index contributed by atoms with van der Waals surface area (Å²) in [4.78, 5) is 29.1. The summed E-state index contributed by atoms with van der Waals surface area (Å²) >= 11 is 0. The van der Waals surface area contributed by atoms with Crippen molar-refractivity contribution in [3.63, 3.8) is 0 Å². The molecule has 1 fully saturated rings. The Morgan fingerprint density at radius 3 is 2.62 bits per heavy atom. The Morgan fingerprint density at radius 2 is 1.96 bits per heavy atom. The number of benzene rings is 2. The molecule has 1 amide bonds. The molecule has 1 aromatic heterocycles. The van der Waals surface area contributed by atoms with Crippen molar-refractivity contribution < 1.29 is 9.18 Å². The van der Waals surface area contributed by atoms with E-state index in [0.717, 1.165) is 24.2 Å². The molecule has 3 aromatic rings. The molecular formula is C20H18FN3O2. The molecule has 0 saturated heterocycles. The number of nitrogens with zero attached hydrogens (tertiary/aromatic N) is 2. The number of aromatic nitrogens is 2. The summed E-state index contributed by atoms with van der Waals surface area (Å²) in [5, 5.41) is 3.15. The Morgan fingerprint density at radius 1 is 1.23 bits per heavy atom. The van der Waals surface area contributed by atoms with Crippen LogP contribution in [0.4, 0.5) is 10.1 Å². The second-order valence-electron chi connectivity index (χ2n) is 6.68. The highest BCUT2D eigenvalue weighted by atomic mass is 19.1. The van der Waals surface area contributed by atoms with E-state index in [1.165, 1.54) is 19.1 Å². The zero-order valence-electron chi connectivity index (χ0n) is 14.3. The monoisotopic (exact) mass is 351 g/mol. The maximum atomic E-state index is 13.2. The predicted molar refractivity (Wildman–Crippen MR) is 97.8 cm³/mol. The van der Waals surface area contributed by atoms with Crippen LogP contribution in [0.3, 0.4) is 0 Å². The molecule has 1 saturated carbocycles. The molecule has 0 spiro atoms. The van der Waals surface area contributed by atoms with Crippen molar-refractivity contribution in [2.45, 2.75) is 32.2 Å². The van der Waals surface area contributed by atoms with E-state index in [9.17, 15) is 14.0 Å². The van der Waals surface area contributed by atoms with Gasteiger partial charge in [-0.2, -0.15) is 0 Å². The summed E-state index contributed by atoms with van der Waals surface area (Å²) in [5.41, 5.74) is 1.89. The number of amides is 1. The molecule has 0 unspecified atom stereocenters. The van der Waals surface area contributed by atoms with Crippen LogP contribution < -0.4 is 10.9 Å². The van der Waals surface area contributed by atoms with E-state index in [-0.39, 0.29) is 17.3 Å². The average molecular weight is 351 g/mol. The lowest BCUT2D eigenvalue weighted by atomic mass is 10.1. The molecule has 4 rings (SSSR count). The second-order valence-corrected chi connectivity index (χ2v) is 6.68. The van der Waals surface area contributed by atoms with E-state index in [2.05, 4.69) is 5.32 Å². The fraction of sp³-hybridized carbons (Fsp3) is 0.250. The quantitative estimate of drug-likeness (QED) is 0.783. The van der Waals surface area contributed by atoms with Crippen LogP contribution in [0.1, 0.15) is 37.1 Å². The molecule has 1 N–H and O–H groups in total. The van der Waals surface area contributed by atoms with Gasteiger partial charge in [-0.3, -0.25) is 14.2 Å². The van der Waals surface area contributed by atoms with Gasteiger partial charge in [-0.05, 0) is 48.7 Å². The maximum absolute atomic E-state index is 13.2. The number of nitrogens with one attached hydrogen (secondary N) is 1. The molecule has 5 nitrogen and oxygen atoms in total. The number of rotatable bonds is 4. The van der Waals surface area contributed by atoms with E-state index < -0.39 is 0 Å². The summed E-state index contributed by atoms with van der Waals surface area (Å²) < 4.78 is 14.8. The topological polar surface area (TPSA) is 64.0 Å². The lowest BCUT2D eigenvalue weighted by Gasteiger charge is -2.14. The Bertz CT molecular complexity index is 1050. The highest BCUT2D eigenvalue weighted by molar-refractivity contribution is 5.92. The molecular weight excluding hydrogens is 333 g/mol. The first-order valence-corrected chi connectivity index (χ1v) is 8.58. The normalized spacial score (nSPS) is 13.8. The van der Waals surface area contributed by atoms with Crippen LogP contribution in [-0.4, -0.2) is 15.5 Å². The van der Waals surface area contributed by atoms with Gasteiger partial charge in [0, 0.05) is 18.5 Å². The fourth-order valence-electron chi connectivity index (χ4n) is 3.10. The highest BCUT2D eigenvalue weighted by Crippen LogP contribution is 2.39. The van der Waals surface area contributed by atoms with E-state index in [1.807, 2.05) is 0 Å². The number of carbonyl (C=O) groups is 1. The van der Waals surface area contributed by atoms with Gasteiger partial charge in [-0.15, -0.1) is 0 Å². The Balaban J connectivity index is 1.84. The molecule has 1 aliphatic carbocycles. The van der Waals surface area contributed by atoms with Gasteiger partial charge in [-0.1, -0.05) is 12.1 Å². The largest absolute Gasteiger partial charge is 0.326 e. The highest BCUT2D eigenvalue weighted by Gasteiger charge is 2.29. The third-order valence-corrected chi connectivity index (χ3v) is 4.50. The molecule has 0 bridgehead atoms. The summed E-state index contributed by atoms with van der Waals surface area (Å²) in [6.45, 7) is 1.77. The third-order valence-electron chi connectivity index (χ3n) is 4.50. The Kier molecular flexibility index (Phi) is 4.03. The Hall–Kier alpha value is -3.02. The molecule has 2 aromatic carbocycles. The van der Waals surface area contributed by atoms with Gasteiger partial charge < -0.3 is 5.32 Å². The van der Waals surface area contributed by atoms with Gasteiger partial charge in [0.2, 0.25) is 5.91 Å². The molecule has 0 aliphatic heterocycles. The molecule has 26 heavy (non-hydrogen) atoms. The van der Waals surface area contributed by atoms with Gasteiger partial charge in [0.1, 0.15) is 11.6 Å². The number of hydrogen-bond donors (Lipinski definition) is 1. The van der Waals surface area contributed by atoms with Crippen LogP contribution in [-0.2, 0) is 11.3 Å². The number of carbonyl (C=O) groups excluding carboxylic acids is 1. The first-order chi connectivity index (χ1) is 12.5. The van der Waals surface area contributed by atoms with Crippen molar-refractivity contribution in [2.24, 2.45) is 0 Å². The lowest BCUT2D eigenvalue weighted by molar-refractivity contribution is -0.114. The van der Waals surface area contributed by atoms with E-state index in [0.29, 0.717) is 29.1 Å². The predicted octanol–water partition coefficient (Wildman–Crippen LogP) is 3.42. The van der Waals surface area contributed by atoms with Gasteiger partial charge in [0.15, 0.2) is 0 Å². The van der Waals surface area contributed by atoms with Crippen molar-refractivity contribution in [1.82, 2.24) is 9.55 Å². The van der Waals surface area contributed by atoms with Crippen LogP contribution in [0.25, 0.3) is 10.9 Å². The molecule has 1 aliphatic rings. The summed E-state index contributed by atoms with van der Waals surface area (Å²) in [5.74, 6) is 0.570. The molecule has 6 heteroatoms. The van der Waals surface area contributed by atoms with Gasteiger partial charge in [0.05, 0.1) is 17.4 Å². The van der Waals surface area contributed by atoms with Crippen LogP contribution in [0.15, 0.2) is 47.3 Å². The standard InChI is InChI=1S/C20H18FN3O2/c1-12(25)22-16-8-9-18-17(10-16)20(26)24(19(23-18)14-4-5-14)11-13-2-6-15(21)7-3-13/h2-3,6-10,14H,4-5,11H2,1H3,(H,22,25). The zero-order valence-corrected chi connectivity index (χ0v) is 14.3. The zero-order chi connectivity index (χ0) is 18.3. The third kappa shape index (κ3) is 3.22. The molecule has 0 atom stereocenters. The van der Waals surface area contributed by atoms with Gasteiger partial charge in [-0.25, -0.2) is 9.37 Å². The summed E-state index contributed by atoms with van der Waals surface area (Å²) in [7, 11) is 0. The lowest BCUT2D eigenvalue weighted by Crippen LogP contribution is -2.26. The number of fused-ring (bicyclic) bond motifs is 1. The van der Waals surface area contributed by atoms with Crippen molar-refractivity contribution >= 4 is 22.5 Å². The molecule has 132 valence electrons. The minimum Gasteiger partial charge on any atom is -0.326 e. The summed E-state index contributed by atoms with van der Waals surface area (Å²) in [6, 6.07) is 11.3. The van der Waals surface area contributed by atoms with E-state index in [4.69, 9.17) is 4.98 Å². The maximum Gasteiger partial charge on any atom is 0.261 e. The van der Waals surface area contributed by atoms with Crippen LogP contribution in [0.2, 0.25) is 0 Å². The van der Waals surface area contributed by atoms with Crippen LogP contribution in [0, 0.1) is 5.82 Å². The van der Waals surface area contributed by atoms with Crippen molar-refractivity contribution in [1.29, 1.82) is 0 Å². The van der Waals surface area contributed by atoms with Crippen molar-refractivity contribution in [3.8, 4) is 0 Å². The minimum atomic E-state index is -0.305. The summed E-state index contributed by atoms with van der Waals surface area (Å²) in [6.07, 6.45) is 2.04. The minimum absolute atomic E-state index is 0.145. The van der Waals surface area contributed by atoms with E-state index in [1.54, 1.807) is 34.9 Å². The number of hydrogen-bond acceptors (Lipinski definition) is 3. The van der Waals surface area contributed by atoms with Gasteiger partial charge >= 0.3 is 0 Å². The molecule has 0 radical (unpaired) electrons. The number of halogens is 1. The second kappa shape index (κ2) is 6.37. The first kappa shape index (κ1) is 16.4.